The van der Waals surface area contributed by atoms with E-state index in [4.69, 9.17) is 14.6 Å². The second-order valence-corrected chi connectivity index (χ2v) is 6.54. The van der Waals surface area contributed by atoms with Gasteiger partial charge in [0.1, 0.15) is 11.3 Å². The molecule has 6 nitrogen and oxygen atoms in total. The quantitative estimate of drug-likeness (QED) is 0.808. The fourth-order valence-corrected chi connectivity index (χ4v) is 2.10. The maximum atomic E-state index is 12.3. The van der Waals surface area contributed by atoms with E-state index in [2.05, 4.69) is 0 Å². The molecule has 1 saturated heterocycles. The Hall–Kier alpha value is -1.56. The zero-order chi connectivity index (χ0) is 16.3. The zero-order valence-corrected chi connectivity index (χ0v) is 13.4. The maximum Gasteiger partial charge on any atom is 0.413 e. The Bertz CT molecular complexity index is 422. The number of carbonyl (C=O) groups is 2. The summed E-state index contributed by atoms with van der Waals surface area (Å²) in [5, 5.41) is 8.61. The molecule has 1 amide bonds. The largest absolute Gasteiger partial charge is 0.481 e. The summed E-state index contributed by atoms with van der Waals surface area (Å²) in [5.74, 6) is -0.841. The summed E-state index contributed by atoms with van der Waals surface area (Å²) in [6.45, 7) is 9.42. The lowest BCUT2D eigenvalue weighted by atomic mass is 10.1. The van der Waals surface area contributed by atoms with Gasteiger partial charge in [-0.2, -0.15) is 0 Å². The molecule has 1 aliphatic rings. The number of hydrogen-bond donors (Lipinski definition) is 1. The molecule has 0 aliphatic carbocycles. The van der Waals surface area contributed by atoms with E-state index in [-0.39, 0.29) is 12.5 Å². The molecule has 6 heteroatoms. The number of carbonyl (C=O) groups excluding carboxylic acids is 1. The third-order valence-electron chi connectivity index (χ3n) is 2.99. The van der Waals surface area contributed by atoms with Crippen LogP contribution in [0.5, 0.6) is 0 Å². The van der Waals surface area contributed by atoms with Crippen LogP contribution in [0, 0.1) is 0 Å². The van der Waals surface area contributed by atoms with Crippen molar-refractivity contribution >= 4 is 12.1 Å². The Morgan fingerprint density at radius 2 is 2.05 bits per heavy atom. The van der Waals surface area contributed by atoms with Gasteiger partial charge in [-0.15, -0.1) is 0 Å². The van der Waals surface area contributed by atoms with Gasteiger partial charge in [0.2, 0.25) is 0 Å². The second kappa shape index (κ2) is 6.47. The van der Waals surface area contributed by atoms with Crippen molar-refractivity contribution in [2.45, 2.75) is 64.8 Å². The SMILES string of the molecule is CC(C)(C)OC(=O)N1C(C=CCCC(=O)O)COC1(C)C. The smallest absolute Gasteiger partial charge is 0.413 e. The first-order valence-corrected chi connectivity index (χ1v) is 7.08. The molecule has 0 bridgehead atoms. The average Bonchev–Trinajstić information content (AvgIpc) is 2.57. The van der Waals surface area contributed by atoms with Crippen LogP contribution < -0.4 is 0 Å². The second-order valence-electron chi connectivity index (χ2n) is 6.54. The molecule has 1 aliphatic heterocycles. The van der Waals surface area contributed by atoms with Crippen LogP contribution in [0.25, 0.3) is 0 Å². The summed E-state index contributed by atoms with van der Waals surface area (Å²) in [5.41, 5.74) is -1.32. The predicted octanol–water partition coefficient (Wildman–Crippen LogP) is 2.78. The van der Waals surface area contributed by atoms with Gasteiger partial charge in [0.25, 0.3) is 0 Å². The van der Waals surface area contributed by atoms with Gasteiger partial charge in [-0.05, 0) is 41.0 Å². The molecule has 21 heavy (non-hydrogen) atoms. The van der Waals surface area contributed by atoms with Crippen LogP contribution >= 0.6 is 0 Å². The number of carboxylic acid groups (broad SMARTS) is 1. The standard InChI is InChI=1S/C15H25NO5/c1-14(2,3)21-13(19)16-11(10-20-15(16,4)5)8-6-7-9-12(17)18/h6,8,11H,7,9-10H2,1-5H3,(H,17,18). The molecular formula is C15H25NO5. The number of hydrogen-bond acceptors (Lipinski definition) is 4. The van der Waals surface area contributed by atoms with Gasteiger partial charge < -0.3 is 14.6 Å². The first-order valence-electron chi connectivity index (χ1n) is 7.08. The van der Waals surface area contributed by atoms with Crippen LogP contribution in [0.3, 0.4) is 0 Å². The number of nitrogens with zero attached hydrogens (tertiary/aromatic N) is 1. The topological polar surface area (TPSA) is 76.1 Å². The molecule has 120 valence electrons. The highest BCUT2D eigenvalue weighted by molar-refractivity contribution is 5.70. The van der Waals surface area contributed by atoms with Crippen LogP contribution in [0.4, 0.5) is 4.79 Å². The van der Waals surface area contributed by atoms with Crippen molar-refractivity contribution in [3.05, 3.63) is 12.2 Å². The summed E-state index contributed by atoms with van der Waals surface area (Å²) < 4.78 is 11.0. The van der Waals surface area contributed by atoms with Crippen molar-refractivity contribution in [3.63, 3.8) is 0 Å². The summed E-state index contributed by atoms with van der Waals surface area (Å²) >= 11 is 0. The highest BCUT2D eigenvalue weighted by atomic mass is 16.6. The number of allylic oxidation sites excluding steroid dienone is 1. The van der Waals surface area contributed by atoms with Crippen LogP contribution in [-0.4, -0.2) is 46.0 Å². The molecule has 1 N–H and O–H groups in total. The lowest BCUT2D eigenvalue weighted by molar-refractivity contribution is -0.136. The Balaban J connectivity index is 2.75. The first kappa shape index (κ1) is 17.5. The fraction of sp³-hybridized carbons (Fsp3) is 0.733. The highest BCUT2D eigenvalue weighted by Crippen LogP contribution is 2.30. The van der Waals surface area contributed by atoms with Crippen LogP contribution in [0.1, 0.15) is 47.5 Å². The van der Waals surface area contributed by atoms with Gasteiger partial charge in [-0.3, -0.25) is 9.69 Å². The van der Waals surface area contributed by atoms with E-state index in [0.29, 0.717) is 13.0 Å². The van der Waals surface area contributed by atoms with Gasteiger partial charge in [-0.1, -0.05) is 12.2 Å². The Morgan fingerprint density at radius 3 is 2.57 bits per heavy atom. The van der Waals surface area contributed by atoms with Gasteiger partial charge in [0, 0.05) is 6.42 Å². The van der Waals surface area contributed by atoms with Gasteiger partial charge >= 0.3 is 12.1 Å². The summed E-state index contributed by atoms with van der Waals surface area (Å²) in [4.78, 5) is 24.4. The lowest BCUT2D eigenvalue weighted by Crippen LogP contribution is -2.49. The first-order chi connectivity index (χ1) is 9.53. The van der Waals surface area contributed by atoms with Crippen LogP contribution in [-0.2, 0) is 14.3 Å². The predicted molar refractivity (Wildman–Crippen MR) is 77.9 cm³/mol. The molecule has 0 saturated carbocycles. The van der Waals surface area contributed by atoms with Gasteiger partial charge in [-0.25, -0.2) is 4.79 Å². The minimum absolute atomic E-state index is 0.0694. The molecule has 1 unspecified atom stereocenters. The molecule has 0 aromatic heterocycles. The van der Waals surface area contributed by atoms with Crippen molar-refractivity contribution in [1.82, 2.24) is 4.90 Å². The monoisotopic (exact) mass is 299 g/mol. The molecular weight excluding hydrogens is 274 g/mol. The van der Waals surface area contributed by atoms with Crippen molar-refractivity contribution in [2.24, 2.45) is 0 Å². The number of rotatable bonds is 4. The third kappa shape index (κ3) is 5.38. The molecule has 1 fully saturated rings. The summed E-state index contributed by atoms with van der Waals surface area (Å²) in [6.07, 6.45) is 3.63. The van der Waals surface area contributed by atoms with E-state index < -0.39 is 23.4 Å². The van der Waals surface area contributed by atoms with Gasteiger partial charge in [0.05, 0.1) is 12.6 Å². The van der Waals surface area contributed by atoms with E-state index in [1.807, 2.05) is 40.7 Å². The lowest BCUT2D eigenvalue weighted by Gasteiger charge is -2.34. The number of ether oxygens (including phenoxy) is 2. The van der Waals surface area contributed by atoms with E-state index in [9.17, 15) is 9.59 Å². The fourth-order valence-electron chi connectivity index (χ4n) is 2.10. The van der Waals surface area contributed by atoms with Crippen LogP contribution in [0.2, 0.25) is 0 Å². The van der Waals surface area contributed by atoms with E-state index in [1.165, 1.54) is 0 Å². The zero-order valence-electron chi connectivity index (χ0n) is 13.4. The van der Waals surface area contributed by atoms with Crippen molar-refractivity contribution < 1.29 is 24.2 Å². The molecule has 0 spiro atoms. The summed E-state index contributed by atoms with van der Waals surface area (Å²) in [7, 11) is 0. The molecule has 1 atom stereocenters. The number of carboxylic acids is 1. The van der Waals surface area contributed by atoms with Crippen molar-refractivity contribution in [1.29, 1.82) is 0 Å². The Morgan fingerprint density at radius 1 is 1.43 bits per heavy atom. The molecule has 0 aromatic carbocycles. The average molecular weight is 299 g/mol. The number of aliphatic carboxylic acids is 1. The van der Waals surface area contributed by atoms with Crippen molar-refractivity contribution in [3.8, 4) is 0 Å². The van der Waals surface area contributed by atoms with E-state index in [1.54, 1.807) is 11.0 Å². The number of amides is 1. The highest BCUT2D eigenvalue weighted by Gasteiger charge is 2.44. The normalized spacial score (nSPS) is 21.8. The third-order valence-corrected chi connectivity index (χ3v) is 2.99. The summed E-state index contributed by atoms with van der Waals surface area (Å²) in [6, 6.07) is -0.247. The molecule has 1 heterocycles. The Kier molecular flexibility index (Phi) is 5.39. The Labute approximate surface area is 125 Å². The minimum atomic E-state index is -0.841. The van der Waals surface area contributed by atoms with Crippen molar-refractivity contribution in [2.75, 3.05) is 6.61 Å². The molecule has 0 aromatic rings. The molecule has 0 radical (unpaired) electrons. The molecule has 1 rings (SSSR count). The van der Waals surface area contributed by atoms with E-state index >= 15 is 0 Å². The van der Waals surface area contributed by atoms with Gasteiger partial charge in [0.15, 0.2) is 0 Å². The van der Waals surface area contributed by atoms with E-state index in [0.717, 1.165) is 0 Å². The minimum Gasteiger partial charge on any atom is -0.481 e. The maximum absolute atomic E-state index is 12.3. The van der Waals surface area contributed by atoms with Crippen LogP contribution in [0.15, 0.2) is 12.2 Å².